The highest BCUT2D eigenvalue weighted by Crippen LogP contribution is 2.36. The number of halogens is 2. The van der Waals surface area contributed by atoms with Crippen LogP contribution in [0.25, 0.3) is 6.08 Å². The van der Waals surface area contributed by atoms with Gasteiger partial charge in [-0.05, 0) is 83.5 Å². The molecule has 0 aliphatic carbocycles. The molecule has 174 valence electrons. The summed E-state index contributed by atoms with van der Waals surface area (Å²) in [6.07, 6.45) is 2.47. The first-order valence-corrected chi connectivity index (χ1v) is 12.7. The van der Waals surface area contributed by atoms with Crippen LogP contribution in [0.1, 0.15) is 30.5 Å². The monoisotopic (exact) mass is 630 g/mol. The predicted molar refractivity (Wildman–Crippen MR) is 147 cm³/mol. The second-order valence-electron chi connectivity index (χ2n) is 7.32. The van der Waals surface area contributed by atoms with Gasteiger partial charge in [0.05, 0.1) is 10.2 Å². The van der Waals surface area contributed by atoms with Gasteiger partial charge in [0.2, 0.25) is 0 Å². The lowest BCUT2D eigenvalue weighted by molar-refractivity contribution is -0.112. The molecule has 0 atom stereocenters. The van der Waals surface area contributed by atoms with Crippen LogP contribution in [0, 0.1) is 14.9 Å². The van der Waals surface area contributed by atoms with Crippen LogP contribution in [-0.4, -0.2) is 12.5 Å². The smallest absolute Gasteiger partial charge is 0.266 e. The molecule has 0 fully saturated rings. The Labute approximate surface area is 222 Å². The average molecular weight is 631 g/mol. The summed E-state index contributed by atoms with van der Waals surface area (Å²) < 4.78 is 13.7. The third kappa shape index (κ3) is 6.84. The molecule has 0 saturated carbocycles. The zero-order valence-corrected chi connectivity index (χ0v) is 22.6. The average Bonchev–Trinajstić information content (AvgIpc) is 2.83. The van der Waals surface area contributed by atoms with Gasteiger partial charge < -0.3 is 14.8 Å². The number of hydrogen-bond acceptors (Lipinski definition) is 4. The number of carbonyl (C=O) groups excluding carboxylic acids is 1. The van der Waals surface area contributed by atoms with E-state index < -0.39 is 5.91 Å². The highest BCUT2D eigenvalue weighted by atomic mass is 127. The maximum absolute atomic E-state index is 12.7. The number of aryl methyl sites for hydroxylation is 1. The van der Waals surface area contributed by atoms with Gasteiger partial charge in [-0.25, -0.2) is 0 Å². The third-order valence-electron chi connectivity index (χ3n) is 4.96. The van der Waals surface area contributed by atoms with Crippen LogP contribution < -0.4 is 14.8 Å². The lowest BCUT2D eigenvalue weighted by Gasteiger charge is -2.15. The van der Waals surface area contributed by atoms with E-state index >= 15 is 0 Å². The summed E-state index contributed by atoms with van der Waals surface area (Å²) in [4.78, 5) is 12.7. The van der Waals surface area contributed by atoms with E-state index in [1.54, 1.807) is 12.1 Å². The Morgan fingerprint density at radius 1 is 1.12 bits per heavy atom. The summed E-state index contributed by atoms with van der Waals surface area (Å²) in [7, 11) is 0. The Balaban J connectivity index is 1.83. The zero-order chi connectivity index (χ0) is 24.5. The van der Waals surface area contributed by atoms with Crippen LogP contribution in [-0.2, 0) is 17.8 Å². The van der Waals surface area contributed by atoms with E-state index in [1.165, 1.54) is 5.56 Å². The number of nitrogens with zero attached hydrogens (tertiary/aromatic N) is 1. The molecule has 3 aromatic carbocycles. The molecule has 0 aliphatic heterocycles. The van der Waals surface area contributed by atoms with Crippen LogP contribution >= 0.6 is 38.5 Å². The minimum absolute atomic E-state index is 0.000277. The number of ether oxygens (including phenoxy) is 2. The fraction of sp³-hybridized carbons (Fsp3) is 0.185. The van der Waals surface area contributed by atoms with Crippen LogP contribution in [0.2, 0.25) is 0 Å². The summed E-state index contributed by atoms with van der Waals surface area (Å²) in [6.45, 7) is 4.78. The lowest BCUT2D eigenvalue weighted by Crippen LogP contribution is -2.13. The molecule has 3 rings (SSSR count). The highest BCUT2D eigenvalue weighted by Gasteiger charge is 2.15. The number of benzene rings is 3. The fourth-order valence-corrected chi connectivity index (χ4v) is 4.36. The predicted octanol–water partition coefficient (Wildman–Crippen LogP) is 7.14. The van der Waals surface area contributed by atoms with Crippen molar-refractivity contribution in [3.8, 4) is 17.6 Å². The Morgan fingerprint density at radius 3 is 2.50 bits per heavy atom. The topological polar surface area (TPSA) is 71.3 Å². The number of nitriles is 1. The molecule has 3 aromatic rings. The van der Waals surface area contributed by atoms with Crippen molar-refractivity contribution >= 4 is 56.2 Å². The quantitative estimate of drug-likeness (QED) is 0.155. The molecule has 0 radical (unpaired) electrons. The first-order valence-electron chi connectivity index (χ1n) is 10.8. The van der Waals surface area contributed by atoms with Crippen LogP contribution in [0.4, 0.5) is 5.69 Å². The van der Waals surface area contributed by atoms with Crippen molar-refractivity contribution in [2.24, 2.45) is 0 Å². The summed E-state index contributed by atoms with van der Waals surface area (Å²) >= 11 is 5.71. The maximum atomic E-state index is 12.7. The maximum Gasteiger partial charge on any atom is 0.266 e. The number of hydrogen-bond donors (Lipinski definition) is 1. The first-order chi connectivity index (χ1) is 16.4. The van der Waals surface area contributed by atoms with E-state index in [9.17, 15) is 10.1 Å². The summed E-state index contributed by atoms with van der Waals surface area (Å²) in [5, 5.41) is 12.4. The molecule has 1 amide bonds. The van der Waals surface area contributed by atoms with E-state index in [1.807, 2.05) is 67.6 Å². The summed E-state index contributed by atoms with van der Waals surface area (Å²) in [5.41, 5.74) is 3.51. The van der Waals surface area contributed by atoms with Crippen molar-refractivity contribution in [2.75, 3.05) is 11.9 Å². The number of carbonyl (C=O) groups is 1. The molecule has 0 aliphatic rings. The van der Waals surface area contributed by atoms with Gasteiger partial charge in [0.15, 0.2) is 11.5 Å². The van der Waals surface area contributed by atoms with Gasteiger partial charge in [-0.1, -0.05) is 53.2 Å². The van der Waals surface area contributed by atoms with Gasteiger partial charge in [0, 0.05) is 15.7 Å². The number of rotatable bonds is 9. The molecule has 0 bridgehead atoms. The van der Waals surface area contributed by atoms with Gasteiger partial charge in [-0.2, -0.15) is 5.26 Å². The molecule has 0 aromatic heterocycles. The van der Waals surface area contributed by atoms with Crippen molar-refractivity contribution in [1.29, 1.82) is 5.26 Å². The molecule has 0 saturated heterocycles. The zero-order valence-electron chi connectivity index (χ0n) is 18.9. The molecule has 34 heavy (non-hydrogen) atoms. The largest absolute Gasteiger partial charge is 0.490 e. The third-order valence-corrected chi connectivity index (χ3v) is 6.53. The van der Waals surface area contributed by atoms with Crippen molar-refractivity contribution in [1.82, 2.24) is 0 Å². The summed E-state index contributed by atoms with van der Waals surface area (Å²) in [6, 6.07) is 21.1. The second kappa shape index (κ2) is 12.6. The van der Waals surface area contributed by atoms with Gasteiger partial charge in [-0.3, -0.25) is 4.79 Å². The minimum atomic E-state index is -0.464. The molecule has 0 spiro atoms. The van der Waals surface area contributed by atoms with Crippen LogP contribution in [0.5, 0.6) is 11.5 Å². The normalized spacial score (nSPS) is 11.0. The fourth-order valence-electron chi connectivity index (χ4n) is 3.18. The Kier molecular flexibility index (Phi) is 9.54. The molecule has 5 nitrogen and oxygen atoms in total. The Hall–Kier alpha value is -2.83. The highest BCUT2D eigenvalue weighted by molar-refractivity contribution is 14.1. The van der Waals surface area contributed by atoms with Gasteiger partial charge in [0.1, 0.15) is 18.2 Å². The molecule has 0 heterocycles. The van der Waals surface area contributed by atoms with Crippen molar-refractivity contribution in [3.05, 3.63) is 91.0 Å². The first kappa shape index (κ1) is 25.8. The van der Waals surface area contributed by atoms with Crippen molar-refractivity contribution in [3.63, 3.8) is 0 Å². The van der Waals surface area contributed by atoms with Gasteiger partial charge in [-0.15, -0.1) is 0 Å². The van der Waals surface area contributed by atoms with Crippen molar-refractivity contribution in [2.45, 2.75) is 26.9 Å². The molecule has 7 heteroatoms. The van der Waals surface area contributed by atoms with E-state index in [4.69, 9.17) is 9.47 Å². The molecular formula is C27H24BrIN2O3. The number of amides is 1. The Morgan fingerprint density at radius 2 is 1.85 bits per heavy atom. The molecule has 1 N–H and O–H groups in total. The molecule has 0 unspecified atom stereocenters. The molecular weight excluding hydrogens is 607 g/mol. The Bertz CT molecular complexity index is 1230. The van der Waals surface area contributed by atoms with E-state index in [0.717, 1.165) is 20.0 Å². The standard InChI is InChI=1S/C27H24BrIN2O3/c1-3-18-9-11-22(12-10-18)31-27(32)21(16-30)13-19-14-24(29)26(25(15-19)33-4-2)34-17-20-7-5-6-8-23(20)28/h5-15H,3-4,17H2,1-2H3,(H,31,32)/b21-13+. The second-order valence-corrected chi connectivity index (χ2v) is 9.33. The van der Waals surface area contributed by atoms with Crippen LogP contribution in [0.3, 0.4) is 0 Å². The lowest BCUT2D eigenvalue weighted by atomic mass is 10.1. The van der Waals surface area contributed by atoms with Crippen LogP contribution in [0.15, 0.2) is 70.7 Å². The van der Waals surface area contributed by atoms with E-state index in [-0.39, 0.29) is 5.57 Å². The van der Waals surface area contributed by atoms with E-state index in [2.05, 4.69) is 50.8 Å². The van der Waals surface area contributed by atoms with Gasteiger partial charge in [0.25, 0.3) is 5.91 Å². The number of anilines is 1. The minimum Gasteiger partial charge on any atom is -0.490 e. The van der Waals surface area contributed by atoms with E-state index in [0.29, 0.717) is 36.0 Å². The number of nitrogens with one attached hydrogen (secondary N) is 1. The SMILES string of the molecule is CCOc1cc(/C=C(\C#N)C(=O)Nc2ccc(CC)cc2)cc(I)c1OCc1ccccc1Br. The van der Waals surface area contributed by atoms with Crippen molar-refractivity contribution < 1.29 is 14.3 Å². The van der Waals surface area contributed by atoms with Gasteiger partial charge >= 0.3 is 0 Å². The summed E-state index contributed by atoms with van der Waals surface area (Å²) in [5.74, 6) is 0.712.